The van der Waals surface area contributed by atoms with Crippen LogP contribution in [0, 0.1) is 0 Å². The molecule has 1 rings (SSSR count). The minimum Gasteiger partial charge on any atom is -0.305 e. The molecule has 84 valence electrons. The second-order valence-electron chi connectivity index (χ2n) is 3.94. The van der Waals surface area contributed by atoms with Gasteiger partial charge in [0.15, 0.2) is 0 Å². The zero-order valence-corrected chi connectivity index (χ0v) is 9.43. The topological polar surface area (TPSA) is 42.5 Å². The number of hydroxylamine groups is 2. The van der Waals surface area contributed by atoms with Crippen LogP contribution in [0.1, 0.15) is 39.0 Å². The largest absolute Gasteiger partial charge is 0.305 e. The summed E-state index contributed by atoms with van der Waals surface area (Å²) in [5.41, 5.74) is 6.24. The van der Waals surface area contributed by atoms with E-state index in [0.717, 1.165) is 19.3 Å². The molecule has 4 nitrogen and oxygen atoms in total. The van der Waals surface area contributed by atoms with Crippen molar-refractivity contribution in [3.05, 3.63) is 0 Å². The molecule has 0 aromatic carbocycles. The highest BCUT2D eigenvalue weighted by Crippen LogP contribution is 2.31. The van der Waals surface area contributed by atoms with Crippen LogP contribution in [-0.4, -0.2) is 25.8 Å². The van der Waals surface area contributed by atoms with Gasteiger partial charge in [0.05, 0.1) is 25.8 Å². The quantitative estimate of drug-likeness (QED) is 0.661. The van der Waals surface area contributed by atoms with Gasteiger partial charge in [-0.3, -0.25) is 0 Å². The van der Waals surface area contributed by atoms with Crippen LogP contribution in [0.3, 0.4) is 0 Å². The van der Waals surface area contributed by atoms with Gasteiger partial charge in [-0.25, -0.2) is 0 Å². The third-order valence-electron chi connectivity index (χ3n) is 3.23. The summed E-state index contributed by atoms with van der Waals surface area (Å²) in [6, 6.07) is 0.339. The molecule has 2 atom stereocenters. The van der Waals surface area contributed by atoms with Crippen LogP contribution in [0.15, 0.2) is 0 Å². The first-order valence-corrected chi connectivity index (χ1v) is 5.37. The Balaban J connectivity index is 2.65. The number of rotatable bonds is 5. The molecule has 0 heterocycles. The first-order chi connectivity index (χ1) is 6.79. The van der Waals surface area contributed by atoms with Crippen molar-refractivity contribution in [3.8, 4) is 0 Å². The molecule has 0 spiro atoms. The molecule has 2 N–H and O–H groups in total. The molecule has 0 aliphatic heterocycles. The first-order valence-electron chi connectivity index (χ1n) is 5.37. The van der Waals surface area contributed by atoms with Gasteiger partial charge in [-0.1, -0.05) is 19.8 Å². The van der Waals surface area contributed by atoms with Crippen LogP contribution in [0.25, 0.3) is 0 Å². The van der Waals surface area contributed by atoms with E-state index in [1.54, 1.807) is 14.2 Å². The van der Waals surface area contributed by atoms with Gasteiger partial charge in [0.25, 0.3) is 0 Å². The average molecular weight is 202 g/mol. The van der Waals surface area contributed by atoms with Gasteiger partial charge in [-0.15, -0.1) is 0 Å². The Bertz CT molecular complexity index is 160. The standard InChI is InChI=1S/C10H22N2O2/c1-4-10(12-14-3)8-6-5-7-9(10)11-13-2/h9,11-12H,4-8H2,1-3H3/t9-,10-/m1/s1. The highest BCUT2D eigenvalue weighted by molar-refractivity contribution is 4.97. The summed E-state index contributed by atoms with van der Waals surface area (Å²) in [6.45, 7) is 2.18. The minimum absolute atomic E-state index is 0.0308. The van der Waals surface area contributed by atoms with Gasteiger partial charge in [-0.2, -0.15) is 11.0 Å². The fourth-order valence-electron chi connectivity index (χ4n) is 2.37. The van der Waals surface area contributed by atoms with Gasteiger partial charge in [0, 0.05) is 0 Å². The third-order valence-corrected chi connectivity index (χ3v) is 3.23. The van der Waals surface area contributed by atoms with Crippen molar-refractivity contribution in [2.45, 2.75) is 50.6 Å². The summed E-state index contributed by atoms with van der Waals surface area (Å²) in [7, 11) is 3.34. The normalized spacial score (nSPS) is 33.2. The van der Waals surface area contributed by atoms with Crippen molar-refractivity contribution in [1.82, 2.24) is 11.0 Å². The van der Waals surface area contributed by atoms with Gasteiger partial charge in [0.2, 0.25) is 0 Å². The minimum atomic E-state index is 0.0308. The molecular formula is C10H22N2O2. The monoisotopic (exact) mass is 202 g/mol. The number of nitrogens with one attached hydrogen (secondary N) is 2. The molecule has 1 fully saturated rings. The summed E-state index contributed by atoms with van der Waals surface area (Å²) in [5.74, 6) is 0. The summed E-state index contributed by atoms with van der Waals surface area (Å²) in [4.78, 5) is 10.1. The zero-order chi connectivity index (χ0) is 10.4. The molecule has 1 saturated carbocycles. The lowest BCUT2D eigenvalue weighted by Gasteiger charge is -2.43. The molecule has 0 aromatic rings. The van der Waals surface area contributed by atoms with Crippen LogP contribution < -0.4 is 11.0 Å². The van der Waals surface area contributed by atoms with Crippen molar-refractivity contribution in [3.63, 3.8) is 0 Å². The van der Waals surface area contributed by atoms with E-state index >= 15 is 0 Å². The molecule has 0 bridgehead atoms. The van der Waals surface area contributed by atoms with E-state index in [0.29, 0.717) is 6.04 Å². The molecule has 14 heavy (non-hydrogen) atoms. The number of hydrogen-bond donors (Lipinski definition) is 2. The third kappa shape index (κ3) is 2.45. The fraction of sp³-hybridized carbons (Fsp3) is 1.00. The summed E-state index contributed by atoms with van der Waals surface area (Å²) in [6.07, 6.45) is 5.83. The maximum absolute atomic E-state index is 5.11. The zero-order valence-electron chi connectivity index (χ0n) is 9.43. The van der Waals surface area contributed by atoms with Crippen molar-refractivity contribution >= 4 is 0 Å². The van der Waals surface area contributed by atoms with Gasteiger partial charge in [0.1, 0.15) is 0 Å². The lowest BCUT2D eigenvalue weighted by molar-refractivity contribution is -0.0632. The van der Waals surface area contributed by atoms with Crippen LogP contribution in [-0.2, 0) is 9.68 Å². The molecule has 0 radical (unpaired) electrons. The van der Waals surface area contributed by atoms with Gasteiger partial charge < -0.3 is 9.68 Å². The maximum atomic E-state index is 5.11. The van der Waals surface area contributed by atoms with E-state index in [4.69, 9.17) is 9.68 Å². The van der Waals surface area contributed by atoms with E-state index in [2.05, 4.69) is 17.9 Å². The van der Waals surface area contributed by atoms with Gasteiger partial charge >= 0.3 is 0 Å². The Morgan fingerprint density at radius 3 is 2.64 bits per heavy atom. The maximum Gasteiger partial charge on any atom is 0.0605 e. The molecule has 0 saturated heterocycles. The molecule has 1 aliphatic carbocycles. The smallest absolute Gasteiger partial charge is 0.0605 e. The van der Waals surface area contributed by atoms with E-state index in [9.17, 15) is 0 Å². The Kier molecular flexibility index (Phi) is 4.81. The Hall–Kier alpha value is -0.160. The fourth-order valence-corrected chi connectivity index (χ4v) is 2.37. The molecule has 1 aliphatic rings. The SMILES string of the molecule is CC[C@@]1(NOC)CCCC[C@H]1NOC. The second-order valence-corrected chi connectivity index (χ2v) is 3.94. The predicted octanol–water partition coefficient (Wildman–Crippen LogP) is 1.38. The Morgan fingerprint density at radius 1 is 1.29 bits per heavy atom. The van der Waals surface area contributed by atoms with Crippen molar-refractivity contribution in [2.24, 2.45) is 0 Å². The van der Waals surface area contributed by atoms with Crippen LogP contribution >= 0.6 is 0 Å². The molecule has 0 amide bonds. The van der Waals surface area contributed by atoms with Crippen LogP contribution in [0.2, 0.25) is 0 Å². The summed E-state index contributed by atoms with van der Waals surface area (Å²) >= 11 is 0. The predicted molar refractivity (Wildman–Crippen MR) is 55.6 cm³/mol. The summed E-state index contributed by atoms with van der Waals surface area (Å²) in [5, 5.41) is 0. The second kappa shape index (κ2) is 5.66. The Morgan fingerprint density at radius 2 is 2.07 bits per heavy atom. The van der Waals surface area contributed by atoms with E-state index < -0.39 is 0 Å². The average Bonchev–Trinajstić information content (AvgIpc) is 2.22. The molecule has 4 heteroatoms. The summed E-state index contributed by atoms with van der Waals surface area (Å²) < 4.78 is 0. The van der Waals surface area contributed by atoms with Crippen molar-refractivity contribution < 1.29 is 9.68 Å². The van der Waals surface area contributed by atoms with E-state index in [-0.39, 0.29) is 5.54 Å². The Labute approximate surface area is 86.3 Å². The highest BCUT2D eigenvalue weighted by atomic mass is 16.6. The first kappa shape index (κ1) is 11.9. The van der Waals surface area contributed by atoms with E-state index in [1.165, 1.54) is 12.8 Å². The lowest BCUT2D eigenvalue weighted by atomic mass is 9.76. The van der Waals surface area contributed by atoms with Gasteiger partial charge in [-0.05, 0) is 19.3 Å². The molecule has 0 aromatic heterocycles. The number of hydrogen-bond acceptors (Lipinski definition) is 4. The van der Waals surface area contributed by atoms with Crippen LogP contribution in [0.5, 0.6) is 0 Å². The molecular weight excluding hydrogens is 180 g/mol. The van der Waals surface area contributed by atoms with Crippen molar-refractivity contribution in [2.75, 3.05) is 14.2 Å². The van der Waals surface area contributed by atoms with Crippen LogP contribution in [0.4, 0.5) is 0 Å². The van der Waals surface area contributed by atoms with E-state index in [1.807, 2.05) is 0 Å². The molecule has 0 unspecified atom stereocenters. The lowest BCUT2D eigenvalue weighted by Crippen LogP contribution is -2.60. The van der Waals surface area contributed by atoms with Crippen molar-refractivity contribution in [1.29, 1.82) is 0 Å². The highest BCUT2D eigenvalue weighted by Gasteiger charge is 2.39.